The smallest absolute Gasteiger partial charge is 0.253 e. The Morgan fingerprint density at radius 3 is 1.19 bits per heavy atom. The number of hydrogen-bond acceptors (Lipinski definition) is 8. The molecular weight excluding hydrogens is 1090 g/mol. The summed E-state index contributed by atoms with van der Waals surface area (Å²) in [5.74, 6) is -8.70. The lowest BCUT2D eigenvalue weighted by Gasteiger charge is -2.36. The maximum Gasteiger partial charge on any atom is 0.253 e. The molecule has 0 saturated carbocycles. The molecule has 4 heterocycles. The summed E-state index contributed by atoms with van der Waals surface area (Å²) in [6, 6.07) is 33.7. The Morgan fingerprint density at radius 1 is 0.450 bits per heavy atom. The van der Waals surface area contributed by atoms with E-state index in [9.17, 15) is 49.5 Å². The van der Waals surface area contributed by atoms with Gasteiger partial charge in [0, 0.05) is 154 Å². The SMILES string of the molecule is C1CCNC1.Nc1cc(F)c(F)c(F)c1.O=C(c1ccccc1)N(CCCl)CCCl.O=C(c1ccccc1)N1CCN(c2cc(F)c(F)c(F)c2)CC1.O=C(c1ccccc1)N1CCN(c2cc(F)c(F)c(N3CCCC3)c2)CC1. The van der Waals surface area contributed by atoms with Crippen molar-refractivity contribution in [1.29, 1.82) is 0 Å². The average Bonchev–Trinajstić information content (AvgIpc) is 4.27. The molecule has 80 heavy (non-hydrogen) atoms. The van der Waals surface area contributed by atoms with Gasteiger partial charge in [0.25, 0.3) is 17.7 Å². The van der Waals surface area contributed by atoms with Crippen molar-refractivity contribution in [2.24, 2.45) is 0 Å². The fraction of sp³-hybridized carbons (Fsp3) is 0.339. The third kappa shape index (κ3) is 18.0. The van der Waals surface area contributed by atoms with E-state index >= 15 is 0 Å². The third-order valence-electron chi connectivity index (χ3n) is 13.3. The number of carbonyl (C=O) groups excluding carboxylic acids is 3. The number of piperazine rings is 2. The molecule has 3 N–H and O–H groups in total. The van der Waals surface area contributed by atoms with Crippen LogP contribution in [0.1, 0.15) is 56.8 Å². The highest BCUT2D eigenvalue weighted by Crippen LogP contribution is 2.32. The van der Waals surface area contributed by atoms with E-state index < -0.39 is 46.5 Å². The molecule has 0 atom stereocenters. The zero-order valence-corrected chi connectivity index (χ0v) is 45.5. The van der Waals surface area contributed by atoms with Crippen molar-refractivity contribution in [3.8, 4) is 0 Å². The predicted molar refractivity (Wildman–Crippen MR) is 300 cm³/mol. The Morgan fingerprint density at radius 2 is 0.812 bits per heavy atom. The number of carbonyl (C=O) groups is 3. The molecule has 11 nitrogen and oxygen atoms in total. The average molecular weight is 1160 g/mol. The van der Waals surface area contributed by atoms with Crippen LogP contribution in [-0.2, 0) is 0 Å². The zero-order valence-electron chi connectivity index (χ0n) is 44.0. The van der Waals surface area contributed by atoms with E-state index in [4.69, 9.17) is 28.9 Å². The summed E-state index contributed by atoms with van der Waals surface area (Å²) in [5.41, 5.74) is 8.13. The van der Waals surface area contributed by atoms with Crippen molar-refractivity contribution in [3.63, 3.8) is 0 Å². The van der Waals surface area contributed by atoms with Gasteiger partial charge in [-0.2, -0.15) is 0 Å². The van der Waals surface area contributed by atoms with Crippen LogP contribution in [0.5, 0.6) is 0 Å². The lowest BCUT2D eigenvalue weighted by Crippen LogP contribution is -2.48. The van der Waals surface area contributed by atoms with Gasteiger partial charge in [0.1, 0.15) is 0 Å². The van der Waals surface area contributed by atoms with Crippen molar-refractivity contribution in [1.82, 2.24) is 20.0 Å². The molecule has 428 valence electrons. The number of anilines is 4. The minimum absolute atomic E-state index is 0.0123. The number of hydrogen-bond donors (Lipinski definition) is 2. The van der Waals surface area contributed by atoms with Gasteiger partial charge in [-0.15, -0.1) is 23.2 Å². The fourth-order valence-electron chi connectivity index (χ4n) is 9.00. The van der Waals surface area contributed by atoms with Crippen LogP contribution in [0.15, 0.2) is 127 Å². The minimum atomic E-state index is -1.49. The van der Waals surface area contributed by atoms with E-state index in [1.54, 1.807) is 57.2 Å². The quantitative estimate of drug-likeness (QED) is 0.0604. The number of halogens is 10. The number of nitrogens with two attached hydrogens (primary N) is 1. The van der Waals surface area contributed by atoms with Crippen LogP contribution in [0.2, 0.25) is 0 Å². The number of alkyl halides is 2. The number of amides is 3. The Balaban J connectivity index is 0.000000175. The van der Waals surface area contributed by atoms with Gasteiger partial charge in [0.05, 0.1) is 5.69 Å². The van der Waals surface area contributed by atoms with Gasteiger partial charge in [-0.25, -0.2) is 35.1 Å². The molecule has 10 rings (SSSR count). The Hall–Kier alpha value is -7.09. The highest BCUT2D eigenvalue weighted by Gasteiger charge is 2.27. The lowest BCUT2D eigenvalue weighted by atomic mass is 10.1. The van der Waals surface area contributed by atoms with Crippen LogP contribution in [-0.4, -0.2) is 136 Å². The highest BCUT2D eigenvalue weighted by molar-refractivity contribution is 6.18. The van der Waals surface area contributed by atoms with E-state index in [1.165, 1.54) is 32.0 Å². The maximum atomic E-state index is 14.3. The first-order valence-electron chi connectivity index (χ1n) is 26.2. The van der Waals surface area contributed by atoms with Gasteiger partial charge < -0.3 is 40.4 Å². The number of nitrogen functional groups attached to an aromatic ring is 1. The van der Waals surface area contributed by atoms with Crippen LogP contribution in [0.25, 0.3) is 0 Å². The minimum Gasteiger partial charge on any atom is -0.399 e. The largest absolute Gasteiger partial charge is 0.399 e. The van der Waals surface area contributed by atoms with Crippen LogP contribution in [0.4, 0.5) is 57.9 Å². The monoisotopic (exact) mass is 1150 g/mol. The number of benzene rings is 6. The fourth-order valence-corrected chi connectivity index (χ4v) is 9.41. The summed E-state index contributed by atoms with van der Waals surface area (Å²) in [5, 5.41) is 3.22. The molecular formula is C59H64Cl2F8N8O3. The van der Waals surface area contributed by atoms with Crippen molar-refractivity contribution in [2.75, 3.05) is 124 Å². The summed E-state index contributed by atoms with van der Waals surface area (Å²) in [6.07, 6.45) is 4.79. The van der Waals surface area contributed by atoms with Crippen molar-refractivity contribution in [3.05, 3.63) is 191 Å². The number of nitrogens with one attached hydrogen (secondary N) is 1. The first-order valence-corrected chi connectivity index (χ1v) is 27.3. The topological polar surface area (TPSA) is 109 Å². The number of nitrogens with zero attached hydrogens (tertiary/aromatic N) is 6. The molecule has 4 aliphatic rings. The van der Waals surface area contributed by atoms with Gasteiger partial charge in [0.2, 0.25) is 0 Å². The Kier molecular flexibility index (Phi) is 24.6. The highest BCUT2D eigenvalue weighted by atomic mass is 35.5. The van der Waals surface area contributed by atoms with E-state index in [0.717, 1.165) is 50.2 Å². The molecule has 21 heteroatoms. The molecule has 0 aliphatic carbocycles. The summed E-state index contributed by atoms with van der Waals surface area (Å²) < 4.78 is 104. The predicted octanol–water partition coefficient (Wildman–Crippen LogP) is 11.3. The third-order valence-corrected chi connectivity index (χ3v) is 13.6. The van der Waals surface area contributed by atoms with Crippen LogP contribution in [0, 0.1) is 46.5 Å². The zero-order chi connectivity index (χ0) is 57.6. The van der Waals surface area contributed by atoms with E-state index in [2.05, 4.69) is 5.32 Å². The van der Waals surface area contributed by atoms with E-state index in [0.29, 0.717) is 105 Å². The van der Waals surface area contributed by atoms with Crippen LogP contribution in [0.3, 0.4) is 0 Å². The number of rotatable bonds is 10. The normalized spacial score (nSPS) is 14.8. The maximum absolute atomic E-state index is 14.3. The molecule has 6 aromatic carbocycles. The molecule has 0 unspecified atom stereocenters. The summed E-state index contributed by atoms with van der Waals surface area (Å²) >= 11 is 11.3. The van der Waals surface area contributed by atoms with E-state index in [1.807, 2.05) is 69.3 Å². The molecule has 0 spiro atoms. The second-order valence-electron chi connectivity index (χ2n) is 18.8. The van der Waals surface area contributed by atoms with Gasteiger partial charge in [-0.1, -0.05) is 54.6 Å². The molecule has 6 aromatic rings. The molecule has 3 amide bonds. The lowest BCUT2D eigenvalue weighted by molar-refractivity contribution is 0.0739. The Bertz CT molecular complexity index is 2860. The molecule has 4 fully saturated rings. The summed E-state index contributed by atoms with van der Waals surface area (Å²) in [4.78, 5) is 47.7. The molecule has 4 saturated heterocycles. The van der Waals surface area contributed by atoms with Gasteiger partial charge in [-0.05, 0) is 81.2 Å². The molecule has 0 aromatic heterocycles. The van der Waals surface area contributed by atoms with Gasteiger partial charge in [0.15, 0.2) is 46.5 Å². The van der Waals surface area contributed by atoms with Crippen LogP contribution < -0.4 is 25.8 Å². The first kappa shape index (κ1) is 62.1. The van der Waals surface area contributed by atoms with Crippen molar-refractivity contribution >= 4 is 63.7 Å². The second-order valence-corrected chi connectivity index (χ2v) is 19.5. The second kappa shape index (κ2) is 31.6. The molecule has 0 bridgehead atoms. The summed E-state index contributed by atoms with van der Waals surface area (Å²) in [7, 11) is 0. The molecule has 0 radical (unpaired) electrons. The first-order chi connectivity index (χ1) is 38.6. The van der Waals surface area contributed by atoms with Gasteiger partial charge >= 0.3 is 0 Å². The van der Waals surface area contributed by atoms with Crippen molar-refractivity contribution in [2.45, 2.75) is 25.7 Å². The molecule has 4 aliphatic heterocycles. The standard InChI is InChI=1S/C21H23F2N3O.C17H15F3N2O.C11H13Cl2NO.C6H4F3N.C4H9N/c22-18-14-17(15-19(20(18)23)25-8-4-5-9-25)24-10-12-26(13-11-24)21(27)16-6-2-1-3-7-16;18-14-10-13(11-15(19)16(14)20)21-6-8-22(9-7-21)17(23)12-4-2-1-3-5-12;12-6-8-14(9-7-13)11(15)10-4-2-1-3-5-10;7-4-1-3(10)2-5(8)6(4)9;1-2-4-5-3-1/h1-3,6-7,14-15H,4-5,8-13H2;1-5,10-11H,6-9H2;1-5H,6-9H2;1-2H,10H2;5H,1-4H2. The Labute approximate surface area is 471 Å². The van der Waals surface area contributed by atoms with Gasteiger partial charge in [-0.3, -0.25) is 14.4 Å². The van der Waals surface area contributed by atoms with Crippen LogP contribution >= 0.6 is 23.2 Å². The van der Waals surface area contributed by atoms with E-state index in [-0.39, 0.29) is 29.1 Å². The van der Waals surface area contributed by atoms with Crippen molar-refractivity contribution < 1.29 is 49.5 Å². The summed E-state index contributed by atoms with van der Waals surface area (Å²) in [6.45, 7) is 9.15.